The van der Waals surface area contributed by atoms with E-state index in [0.29, 0.717) is 23.5 Å². The molecule has 0 heterocycles. The summed E-state index contributed by atoms with van der Waals surface area (Å²) in [5.41, 5.74) is 3.13. The van der Waals surface area contributed by atoms with E-state index in [0.717, 1.165) is 0 Å². The molecule has 1 N–H and O–H groups in total. The largest absolute Gasteiger partial charge is 0.494 e. The van der Waals surface area contributed by atoms with Gasteiger partial charge in [0.05, 0.1) is 12.1 Å². The average molecular weight is 340 g/mol. The van der Waals surface area contributed by atoms with E-state index in [1.165, 1.54) is 5.01 Å². The summed E-state index contributed by atoms with van der Waals surface area (Å²) < 4.78 is 5.38. The van der Waals surface area contributed by atoms with Crippen LogP contribution in [0.1, 0.15) is 48.4 Å². The number of amides is 2. The maximum Gasteiger partial charge on any atom is 0.272 e. The first-order valence-corrected chi connectivity index (χ1v) is 8.26. The van der Waals surface area contributed by atoms with Gasteiger partial charge in [0.1, 0.15) is 5.75 Å². The van der Waals surface area contributed by atoms with E-state index in [2.05, 4.69) is 5.43 Å². The van der Waals surface area contributed by atoms with Crippen LogP contribution in [0.5, 0.6) is 5.75 Å². The molecule has 5 heteroatoms. The van der Waals surface area contributed by atoms with E-state index in [1.54, 1.807) is 48.5 Å². The molecule has 0 fully saturated rings. The molecule has 2 amide bonds. The average Bonchev–Trinajstić information content (AvgIpc) is 2.59. The second kappa shape index (κ2) is 7.83. The lowest BCUT2D eigenvalue weighted by atomic mass is 10.1. The van der Waals surface area contributed by atoms with Crippen LogP contribution < -0.4 is 10.2 Å². The van der Waals surface area contributed by atoms with E-state index in [-0.39, 0.29) is 11.8 Å². The van der Waals surface area contributed by atoms with Gasteiger partial charge in [-0.25, -0.2) is 5.01 Å². The number of carbonyl (C=O) groups is 2. The van der Waals surface area contributed by atoms with Crippen LogP contribution >= 0.6 is 0 Å². The molecule has 2 aromatic carbocycles. The first-order valence-electron chi connectivity index (χ1n) is 8.26. The first-order chi connectivity index (χ1) is 11.8. The third-order valence-corrected chi connectivity index (χ3v) is 3.54. The number of rotatable bonds is 4. The zero-order valence-corrected chi connectivity index (χ0v) is 15.1. The van der Waals surface area contributed by atoms with Gasteiger partial charge in [-0.15, -0.1) is 0 Å². The number of benzene rings is 2. The minimum atomic E-state index is -0.576. The number of carbonyl (C=O) groups excluding carboxylic acids is 2. The zero-order valence-electron chi connectivity index (χ0n) is 15.1. The molecule has 0 aliphatic carbocycles. The van der Waals surface area contributed by atoms with Gasteiger partial charge in [0, 0.05) is 11.1 Å². The van der Waals surface area contributed by atoms with Crippen molar-refractivity contribution in [1.29, 1.82) is 0 Å². The summed E-state index contributed by atoms with van der Waals surface area (Å²) in [6.45, 7) is 8.07. The lowest BCUT2D eigenvalue weighted by Gasteiger charge is -2.35. The summed E-state index contributed by atoms with van der Waals surface area (Å²) >= 11 is 0. The Balaban J connectivity index is 2.19. The van der Waals surface area contributed by atoms with Gasteiger partial charge in [0.2, 0.25) is 0 Å². The fourth-order valence-corrected chi connectivity index (χ4v) is 2.27. The maximum atomic E-state index is 12.8. The Labute approximate surface area is 148 Å². The molecule has 5 nitrogen and oxygen atoms in total. The van der Waals surface area contributed by atoms with Crippen LogP contribution in [-0.2, 0) is 0 Å². The molecule has 0 aromatic heterocycles. The monoisotopic (exact) mass is 340 g/mol. The minimum Gasteiger partial charge on any atom is -0.494 e. The quantitative estimate of drug-likeness (QED) is 0.864. The number of hydrogen-bond acceptors (Lipinski definition) is 3. The number of hydrazine groups is 1. The molecule has 0 aliphatic rings. The first kappa shape index (κ1) is 18.5. The van der Waals surface area contributed by atoms with Crippen molar-refractivity contribution in [3.63, 3.8) is 0 Å². The normalized spacial score (nSPS) is 10.9. The van der Waals surface area contributed by atoms with Crippen molar-refractivity contribution in [3.05, 3.63) is 65.7 Å². The predicted octanol–water partition coefficient (Wildman–Crippen LogP) is 3.67. The Kier molecular flexibility index (Phi) is 5.80. The van der Waals surface area contributed by atoms with Crippen molar-refractivity contribution >= 4 is 11.8 Å². The van der Waals surface area contributed by atoms with E-state index >= 15 is 0 Å². The van der Waals surface area contributed by atoms with Gasteiger partial charge in [0.25, 0.3) is 11.8 Å². The molecule has 0 unspecified atom stereocenters. The fraction of sp³-hybridized carbons (Fsp3) is 0.300. The molecule has 0 saturated carbocycles. The summed E-state index contributed by atoms with van der Waals surface area (Å²) in [7, 11) is 0. The number of hydrogen-bond donors (Lipinski definition) is 1. The van der Waals surface area contributed by atoms with Gasteiger partial charge in [-0.05, 0) is 64.1 Å². The fourth-order valence-electron chi connectivity index (χ4n) is 2.27. The van der Waals surface area contributed by atoms with Gasteiger partial charge in [-0.2, -0.15) is 0 Å². The van der Waals surface area contributed by atoms with Crippen molar-refractivity contribution in [1.82, 2.24) is 10.4 Å². The Morgan fingerprint density at radius 1 is 0.960 bits per heavy atom. The molecular weight excluding hydrogens is 316 g/mol. The summed E-state index contributed by atoms with van der Waals surface area (Å²) in [6.07, 6.45) is 0. The van der Waals surface area contributed by atoms with Gasteiger partial charge >= 0.3 is 0 Å². The van der Waals surface area contributed by atoms with Crippen molar-refractivity contribution < 1.29 is 14.3 Å². The summed E-state index contributed by atoms with van der Waals surface area (Å²) in [5, 5.41) is 1.36. The van der Waals surface area contributed by atoms with Crippen molar-refractivity contribution in [3.8, 4) is 5.75 Å². The van der Waals surface area contributed by atoms with E-state index in [4.69, 9.17) is 4.74 Å². The Morgan fingerprint density at radius 2 is 1.56 bits per heavy atom. The Hall–Kier alpha value is -2.82. The molecule has 0 spiro atoms. The molecule has 0 saturated heterocycles. The molecule has 132 valence electrons. The molecule has 2 rings (SSSR count). The third kappa shape index (κ3) is 4.83. The van der Waals surface area contributed by atoms with Crippen LogP contribution in [0.3, 0.4) is 0 Å². The van der Waals surface area contributed by atoms with Crippen LogP contribution in [0.2, 0.25) is 0 Å². The Morgan fingerprint density at radius 3 is 2.08 bits per heavy atom. The molecule has 0 bridgehead atoms. The molecule has 0 radical (unpaired) electrons. The second-order valence-electron chi connectivity index (χ2n) is 6.58. The second-order valence-corrected chi connectivity index (χ2v) is 6.58. The third-order valence-electron chi connectivity index (χ3n) is 3.54. The van der Waals surface area contributed by atoms with Crippen molar-refractivity contribution in [2.24, 2.45) is 0 Å². The highest BCUT2D eigenvalue weighted by molar-refractivity contribution is 5.99. The van der Waals surface area contributed by atoms with Gasteiger partial charge in [0.15, 0.2) is 0 Å². The molecular formula is C20H24N2O3. The highest BCUT2D eigenvalue weighted by Gasteiger charge is 2.29. The standard InChI is InChI=1S/C20H24N2O3/c1-5-25-17-13-11-15(12-14-17)18(23)21-22(20(2,3)4)19(24)16-9-7-6-8-10-16/h6-14H,5H2,1-4H3,(H,21,23). The van der Waals surface area contributed by atoms with Crippen molar-refractivity contribution in [2.45, 2.75) is 33.2 Å². The minimum absolute atomic E-state index is 0.257. The predicted molar refractivity (Wildman–Crippen MR) is 97.4 cm³/mol. The lowest BCUT2D eigenvalue weighted by Crippen LogP contribution is -2.55. The van der Waals surface area contributed by atoms with Gasteiger partial charge in [-0.1, -0.05) is 18.2 Å². The number of ether oxygens (including phenoxy) is 1. The van der Waals surface area contributed by atoms with E-state index in [9.17, 15) is 9.59 Å². The van der Waals surface area contributed by atoms with Crippen LogP contribution in [-0.4, -0.2) is 29.0 Å². The Bertz CT molecular complexity index is 719. The maximum absolute atomic E-state index is 12.8. The van der Waals surface area contributed by atoms with Gasteiger partial charge < -0.3 is 4.74 Å². The number of nitrogens with zero attached hydrogens (tertiary/aromatic N) is 1. The molecule has 0 atom stereocenters. The van der Waals surface area contributed by atoms with Gasteiger partial charge in [-0.3, -0.25) is 15.0 Å². The van der Waals surface area contributed by atoms with E-state index in [1.807, 2.05) is 33.8 Å². The lowest BCUT2D eigenvalue weighted by molar-refractivity contribution is 0.0358. The van der Waals surface area contributed by atoms with Crippen molar-refractivity contribution in [2.75, 3.05) is 6.61 Å². The molecule has 2 aromatic rings. The summed E-state index contributed by atoms with van der Waals surface area (Å²) in [5.74, 6) is 0.0988. The zero-order chi connectivity index (χ0) is 18.4. The van der Waals surface area contributed by atoms with Crippen LogP contribution in [0.4, 0.5) is 0 Å². The topological polar surface area (TPSA) is 58.6 Å². The van der Waals surface area contributed by atoms with E-state index < -0.39 is 5.54 Å². The number of nitrogens with one attached hydrogen (secondary N) is 1. The summed E-state index contributed by atoms with van der Waals surface area (Å²) in [4.78, 5) is 25.3. The van der Waals surface area contributed by atoms with Crippen LogP contribution in [0.25, 0.3) is 0 Å². The summed E-state index contributed by atoms with van der Waals surface area (Å²) in [6, 6.07) is 15.7. The highest BCUT2D eigenvalue weighted by Crippen LogP contribution is 2.17. The van der Waals surface area contributed by atoms with Crippen LogP contribution in [0, 0.1) is 0 Å². The smallest absolute Gasteiger partial charge is 0.272 e. The molecule has 0 aliphatic heterocycles. The highest BCUT2D eigenvalue weighted by atomic mass is 16.5. The SMILES string of the molecule is CCOc1ccc(C(=O)NN(C(=O)c2ccccc2)C(C)(C)C)cc1. The van der Waals surface area contributed by atoms with Crippen LogP contribution in [0.15, 0.2) is 54.6 Å². The molecule has 25 heavy (non-hydrogen) atoms.